The standard InChI is InChI=1S/C19H17NO6S/c1-25-11-7-8-14(26-2)13(9-11)20-17(21)10-16(18(20)22)27-15-6-4-3-5-12(15)19(23)24/h3-9,16H,10H2,1-2H3,(H,23,24)/t16-/m1/s1. The van der Waals surface area contributed by atoms with Crippen LogP contribution in [0.2, 0.25) is 0 Å². The maximum absolute atomic E-state index is 12.9. The van der Waals surface area contributed by atoms with Crippen molar-refractivity contribution in [2.24, 2.45) is 0 Å². The van der Waals surface area contributed by atoms with Crippen LogP contribution < -0.4 is 14.4 Å². The average Bonchev–Trinajstić information content (AvgIpc) is 2.94. The summed E-state index contributed by atoms with van der Waals surface area (Å²) in [6.07, 6.45) is -0.0299. The molecule has 2 aromatic carbocycles. The minimum atomic E-state index is -1.08. The van der Waals surface area contributed by atoms with Crippen molar-refractivity contribution in [3.63, 3.8) is 0 Å². The van der Waals surface area contributed by atoms with E-state index in [1.807, 2.05) is 0 Å². The number of nitrogens with zero attached hydrogens (tertiary/aromatic N) is 1. The number of hydrogen-bond acceptors (Lipinski definition) is 6. The number of imide groups is 1. The predicted octanol–water partition coefficient (Wildman–Crippen LogP) is 2.83. The fraction of sp³-hybridized carbons (Fsp3) is 0.211. The van der Waals surface area contributed by atoms with Gasteiger partial charge in [0.1, 0.15) is 11.5 Å². The fourth-order valence-electron chi connectivity index (χ4n) is 2.82. The Labute approximate surface area is 159 Å². The van der Waals surface area contributed by atoms with Crippen LogP contribution in [0.4, 0.5) is 5.69 Å². The quantitative estimate of drug-likeness (QED) is 0.762. The van der Waals surface area contributed by atoms with Gasteiger partial charge >= 0.3 is 5.97 Å². The van der Waals surface area contributed by atoms with Crippen LogP contribution in [0.25, 0.3) is 0 Å². The second-order valence-electron chi connectivity index (χ2n) is 5.72. The summed E-state index contributed by atoms with van der Waals surface area (Å²) in [6.45, 7) is 0. The Morgan fingerprint density at radius 2 is 1.89 bits per heavy atom. The van der Waals surface area contributed by atoms with Gasteiger partial charge in [0.05, 0.1) is 30.7 Å². The number of benzene rings is 2. The van der Waals surface area contributed by atoms with Crippen LogP contribution in [0.1, 0.15) is 16.8 Å². The van der Waals surface area contributed by atoms with E-state index in [2.05, 4.69) is 0 Å². The highest BCUT2D eigenvalue weighted by Gasteiger charge is 2.41. The first-order valence-corrected chi connectivity index (χ1v) is 8.92. The molecule has 0 radical (unpaired) electrons. The number of carbonyl (C=O) groups excluding carboxylic acids is 2. The molecule has 8 heteroatoms. The number of rotatable bonds is 6. The van der Waals surface area contributed by atoms with E-state index in [1.165, 1.54) is 20.3 Å². The van der Waals surface area contributed by atoms with Gasteiger partial charge in [-0.15, -0.1) is 11.8 Å². The Balaban J connectivity index is 1.92. The van der Waals surface area contributed by atoms with Gasteiger partial charge in [-0.05, 0) is 24.3 Å². The molecule has 0 saturated carbocycles. The second kappa shape index (κ2) is 7.71. The maximum Gasteiger partial charge on any atom is 0.336 e. The lowest BCUT2D eigenvalue weighted by atomic mass is 10.2. The SMILES string of the molecule is COc1ccc(OC)c(N2C(=O)C[C@@H](Sc3ccccc3C(=O)O)C2=O)c1. The molecule has 1 aliphatic heterocycles. The van der Waals surface area contributed by atoms with Crippen molar-refractivity contribution in [2.75, 3.05) is 19.1 Å². The highest BCUT2D eigenvalue weighted by molar-refractivity contribution is 8.00. The smallest absolute Gasteiger partial charge is 0.336 e. The Kier molecular flexibility index (Phi) is 5.36. The molecule has 1 atom stereocenters. The molecule has 1 fully saturated rings. The molecule has 1 N–H and O–H groups in total. The molecule has 0 unspecified atom stereocenters. The number of methoxy groups -OCH3 is 2. The van der Waals surface area contributed by atoms with Crippen LogP contribution in [0.3, 0.4) is 0 Å². The topological polar surface area (TPSA) is 93.1 Å². The van der Waals surface area contributed by atoms with Crippen molar-refractivity contribution >= 4 is 35.2 Å². The lowest BCUT2D eigenvalue weighted by molar-refractivity contribution is -0.121. The van der Waals surface area contributed by atoms with E-state index >= 15 is 0 Å². The highest BCUT2D eigenvalue weighted by atomic mass is 32.2. The Bertz CT molecular complexity index is 913. The molecule has 1 saturated heterocycles. The van der Waals surface area contributed by atoms with Gasteiger partial charge in [0.25, 0.3) is 0 Å². The summed E-state index contributed by atoms with van der Waals surface area (Å²) in [5, 5.41) is 8.59. The lowest BCUT2D eigenvalue weighted by Crippen LogP contribution is -2.31. The first-order valence-electron chi connectivity index (χ1n) is 8.04. The van der Waals surface area contributed by atoms with Crippen LogP contribution >= 0.6 is 11.8 Å². The van der Waals surface area contributed by atoms with Crippen molar-refractivity contribution in [1.82, 2.24) is 0 Å². The number of amides is 2. The number of carboxylic acids is 1. The van der Waals surface area contributed by atoms with E-state index in [1.54, 1.807) is 36.4 Å². The number of anilines is 1. The second-order valence-corrected chi connectivity index (χ2v) is 6.96. The summed E-state index contributed by atoms with van der Waals surface area (Å²) in [5.74, 6) is -1.03. The van der Waals surface area contributed by atoms with E-state index in [0.29, 0.717) is 22.1 Å². The Hall–Kier alpha value is -3.00. The van der Waals surface area contributed by atoms with Gasteiger partial charge in [-0.1, -0.05) is 12.1 Å². The van der Waals surface area contributed by atoms with Crippen LogP contribution in [0.5, 0.6) is 11.5 Å². The number of carbonyl (C=O) groups is 3. The number of thioether (sulfide) groups is 1. The lowest BCUT2D eigenvalue weighted by Gasteiger charge is -2.19. The Morgan fingerprint density at radius 3 is 2.56 bits per heavy atom. The minimum Gasteiger partial charge on any atom is -0.497 e. The summed E-state index contributed by atoms with van der Waals surface area (Å²) in [6, 6.07) is 11.3. The van der Waals surface area contributed by atoms with Crippen LogP contribution in [0.15, 0.2) is 47.4 Å². The number of carboxylic acid groups (broad SMARTS) is 1. The zero-order valence-corrected chi connectivity index (χ0v) is 15.5. The zero-order valence-electron chi connectivity index (χ0n) is 14.7. The molecule has 2 amide bonds. The van der Waals surface area contributed by atoms with Crippen molar-refractivity contribution in [3.05, 3.63) is 48.0 Å². The summed E-state index contributed by atoms with van der Waals surface area (Å²) in [4.78, 5) is 38.3. The molecule has 140 valence electrons. The molecule has 0 spiro atoms. The van der Waals surface area contributed by atoms with Gasteiger partial charge in [0.15, 0.2) is 0 Å². The van der Waals surface area contributed by atoms with Crippen molar-refractivity contribution in [1.29, 1.82) is 0 Å². The Morgan fingerprint density at radius 1 is 1.15 bits per heavy atom. The third-order valence-corrected chi connectivity index (χ3v) is 5.38. The molecule has 1 heterocycles. The van der Waals surface area contributed by atoms with Gasteiger partial charge in [0, 0.05) is 17.4 Å². The first kappa shape index (κ1) is 18.8. The third-order valence-electron chi connectivity index (χ3n) is 4.12. The normalized spacial score (nSPS) is 16.5. The van der Waals surface area contributed by atoms with Gasteiger partial charge in [-0.2, -0.15) is 0 Å². The molecule has 7 nitrogen and oxygen atoms in total. The molecule has 0 aliphatic carbocycles. The molecule has 0 bridgehead atoms. The van der Waals surface area contributed by atoms with Crippen molar-refractivity contribution in [2.45, 2.75) is 16.6 Å². The van der Waals surface area contributed by atoms with Gasteiger partial charge in [-0.3, -0.25) is 9.59 Å². The van der Waals surface area contributed by atoms with Gasteiger partial charge < -0.3 is 14.6 Å². The highest BCUT2D eigenvalue weighted by Crippen LogP contribution is 2.39. The number of ether oxygens (including phenoxy) is 2. The van der Waals surface area contributed by atoms with E-state index in [0.717, 1.165) is 16.7 Å². The van der Waals surface area contributed by atoms with E-state index < -0.39 is 17.1 Å². The molecular formula is C19H17NO6S. The summed E-state index contributed by atoms with van der Waals surface area (Å²) in [7, 11) is 2.94. The van der Waals surface area contributed by atoms with Crippen LogP contribution in [-0.2, 0) is 9.59 Å². The summed E-state index contributed by atoms with van der Waals surface area (Å²) in [5.41, 5.74) is 0.404. The number of hydrogen-bond donors (Lipinski definition) is 1. The number of aromatic carboxylic acids is 1. The van der Waals surface area contributed by atoms with Crippen molar-refractivity contribution < 1.29 is 29.0 Å². The maximum atomic E-state index is 12.9. The van der Waals surface area contributed by atoms with Crippen LogP contribution in [0, 0.1) is 0 Å². The summed E-state index contributed by atoms with van der Waals surface area (Å²) < 4.78 is 10.4. The molecule has 27 heavy (non-hydrogen) atoms. The van der Waals surface area contributed by atoms with E-state index in [4.69, 9.17) is 9.47 Å². The molecule has 2 aromatic rings. The largest absolute Gasteiger partial charge is 0.497 e. The molecule has 3 rings (SSSR count). The minimum absolute atomic E-state index is 0.0299. The monoisotopic (exact) mass is 387 g/mol. The van der Waals surface area contributed by atoms with Gasteiger partial charge in [-0.25, -0.2) is 9.69 Å². The van der Waals surface area contributed by atoms with Crippen molar-refractivity contribution in [3.8, 4) is 11.5 Å². The summed E-state index contributed by atoms with van der Waals surface area (Å²) >= 11 is 1.07. The predicted molar refractivity (Wildman–Crippen MR) is 99.7 cm³/mol. The van der Waals surface area contributed by atoms with Gasteiger partial charge in [0.2, 0.25) is 11.8 Å². The average molecular weight is 387 g/mol. The molecular weight excluding hydrogens is 370 g/mol. The third kappa shape index (κ3) is 3.61. The van der Waals surface area contributed by atoms with E-state index in [-0.39, 0.29) is 17.9 Å². The fourth-order valence-corrected chi connectivity index (χ4v) is 4.00. The van der Waals surface area contributed by atoms with Crippen LogP contribution in [-0.4, -0.2) is 42.4 Å². The van der Waals surface area contributed by atoms with E-state index in [9.17, 15) is 19.5 Å². The first-order chi connectivity index (χ1) is 13.0. The zero-order chi connectivity index (χ0) is 19.6. The molecule has 0 aromatic heterocycles. The molecule has 1 aliphatic rings.